The predicted molar refractivity (Wildman–Crippen MR) is 82.7 cm³/mol. The van der Waals surface area contributed by atoms with E-state index in [9.17, 15) is 4.79 Å². The van der Waals surface area contributed by atoms with Crippen LogP contribution >= 0.6 is 11.3 Å². The third-order valence-corrected chi connectivity index (χ3v) is 4.42. The van der Waals surface area contributed by atoms with Gasteiger partial charge in [0.05, 0.1) is 17.7 Å². The van der Waals surface area contributed by atoms with Crippen LogP contribution in [0.1, 0.15) is 29.3 Å². The van der Waals surface area contributed by atoms with Crippen LogP contribution in [0.4, 0.5) is 0 Å². The van der Waals surface area contributed by atoms with E-state index in [0.717, 1.165) is 39.7 Å². The lowest BCUT2D eigenvalue weighted by atomic mass is 10.2. The molecule has 5 heteroatoms. The third kappa shape index (κ3) is 3.13. The summed E-state index contributed by atoms with van der Waals surface area (Å²) in [5, 5.41) is 9.70. The smallest absolute Gasteiger partial charge is 0.328 e. The number of thiazole rings is 1. The van der Waals surface area contributed by atoms with Crippen LogP contribution in [0, 0.1) is 0 Å². The molecule has 4 nitrogen and oxygen atoms in total. The maximum absolute atomic E-state index is 10.7. The van der Waals surface area contributed by atoms with Gasteiger partial charge in [-0.2, -0.15) is 0 Å². The molecule has 0 unspecified atom stereocenters. The summed E-state index contributed by atoms with van der Waals surface area (Å²) in [4.78, 5) is 16.4. The van der Waals surface area contributed by atoms with Gasteiger partial charge in [0.15, 0.2) is 0 Å². The SMILES string of the molecule is COc1cccc(-c2nc(C3CC3)c(/C=C/C(=O)O)s2)c1. The van der Waals surface area contributed by atoms with Gasteiger partial charge < -0.3 is 9.84 Å². The van der Waals surface area contributed by atoms with E-state index in [1.807, 2.05) is 24.3 Å². The molecule has 1 heterocycles. The molecule has 0 atom stereocenters. The van der Waals surface area contributed by atoms with E-state index in [1.165, 1.54) is 17.4 Å². The molecule has 2 aromatic rings. The van der Waals surface area contributed by atoms with E-state index in [4.69, 9.17) is 14.8 Å². The molecule has 1 aliphatic rings. The van der Waals surface area contributed by atoms with Crippen molar-refractivity contribution in [2.45, 2.75) is 18.8 Å². The fourth-order valence-corrected chi connectivity index (χ4v) is 3.19. The molecule has 1 fully saturated rings. The van der Waals surface area contributed by atoms with Gasteiger partial charge in [-0.05, 0) is 31.1 Å². The number of aromatic nitrogens is 1. The van der Waals surface area contributed by atoms with Crippen molar-refractivity contribution in [3.05, 3.63) is 40.9 Å². The van der Waals surface area contributed by atoms with E-state index in [1.54, 1.807) is 13.2 Å². The highest BCUT2D eigenvalue weighted by Gasteiger charge is 2.29. The number of benzene rings is 1. The summed E-state index contributed by atoms with van der Waals surface area (Å²) < 4.78 is 5.24. The second-order valence-corrected chi connectivity index (χ2v) is 5.98. The average Bonchev–Trinajstić information content (AvgIpc) is 3.25. The van der Waals surface area contributed by atoms with Crippen molar-refractivity contribution in [3.8, 4) is 16.3 Å². The molecule has 0 spiro atoms. The minimum Gasteiger partial charge on any atom is -0.497 e. The number of rotatable bonds is 5. The summed E-state index contributed by atoms with van der Waals surface area (Å²) in [5.41, 5.74) is 2.02. The van der Waals surface area contributed by atoms with Crippen LogP contribution in [0.15, 0.2) is 30.3 Å². The van der Waals surface area contributed by atoms with E-state index in [-0.39, 0.29) is 0 Å². The van der Waals surface area contributed by atoms with Crippen LogP contribution < -0.4 is 4.74 Å². The number of hydrogen-bond donors (Lipinski definition) is 1. The molecule has 108 valence electrons. The van der Waals surface area contributed by atoms with Gasteiger partial charge >= 0.3 is 5.97 Å². The first-order valence-electron chi connectivity index (χ1n) is 6.73. The molecule has 0 saturated heterocycles. The summed E-state index contributed by atoms with van der Waals surface area (Å²) in [6.07, 6.45) is 5.09. The monoisotopic (exact) mass is 301 g/mol. The number of carbonyl (C=O) groups is 1. The first kappa shape index (κ1) is 13.8. The number of aliphatic carboxylic acids is 1. The van der Waals surface area contributed by atoms with Crippen molar-refractivity contribution in [1.29, 1.82) is 0 Å². The Morgan fingerprint density at radius 3 is 2.95 bits per heavy atom. The Kier molecular flexibility index (Phi) is 3.75. The number of carboxylic acid groups (broad SMARTS) is 1. The second-order valence-electron chi connectivity index (χ2n) is 4.95. The summed E-state index contributed by atoms with van der Waals surface area (Å²) in [5.74, 6) is 0.334. The first-order chi connectivity index (χ1) is 10.2. The van der Waals surface area contributed by atoms with Crippen LogP contribution in [0.2, 0.25) is 0 Å². The van der Waals surface area contributed by atoms with Crippen LogP contribution in [-0.2, 0) is 4.79 Å². The van der Waals surface area contributed by atoms with Gasteiger partial charge in [0.25, 0.3) is 0 Å². The highest BCUT2D eigenvalue weighted by atomic mass is 32.1. The molecule has 0 radical (unpaired) electrons. The van der Waals surface area contributed by atoms with Crippen molar-refractivity contribution in [1.82, 2.24) is 4.98 Å². The maximum Gasteiger partial charge on any atom is 0.328 e. The van der Waals surface area contributed by atoms with Crippen LogP contribution in [0.25, 0.3) is 16.6 Å². The van der Waals surface area contributed by atoms with Gasteiger partial charge in [-0.3, -0.25) is 0 Å². The maximum atomic E-state index is 10.7. The molecule has 1 aliphatic carbocycles. The molecule has 1 saturated carbocycles. The van der Waals surface area contributed by atoms with Gasteiger partial charge in [0, 0.05) is 17.6 Å². The summed E-state index contributed by atoms with van der Waals surface area (Å²) in [6, 6.07) is 7.76. The van der Waals surface area contributed by atoms with Crippen molar-refractivity contribution in [2.24, 2.45) is 0 Å². The number of carboxylic acids is 1. The van der Waals surface area contributed by atoms with Gasteiger partial charge in [-0.1, -0.05) is 12.1 Å². The van der Waals surface area contributed by atoms with E-state index < -0.39 is 5.97 Å². The molecule has 0 bridgehead atoms. The van der Waals surface area contributed by atoms with Crippen molar-refractivity contribution >= 4 is 23.4 Å². The normalized spacial score (nSPS) is 14.5. The van der Waals surface area contributed by atoms with Crippen molar-refractivity contribution < 1.29 is 14.6 Å². The molecule has 1 aromatic heterocycles. The van der Waals surface area contributed by atoms with Crippen molar-refractivity contribution in [2.75, 3.05) is 7.11 Å². The highest BCUT2D eigenvalue weighted by molar-refractivity contribution is 7.16. The fraction of sp³-hybridized carbons (Fsp3) is 0.250. The zero-order valence-electron chi connectivity index (χ0n) is 11.6. The Balaban J connectivity index is 1.99. The number of ether oxygens (including phenoxy) is 1. The molecule has 1 N–H and O–H groups in total. The fourth-order valence-electron chi connectivity index (χ4n) is 2.14. The number of hydrogen-bond acceptors (Lipinski definition) is 4. The zero-order chi connectivity index (χ0) is 14.8. The lowest BCUT2D eigenvalue weighted by Crippen LogP contribution is -1.87. The standard InChI is InChI=1S/C16H15NO3S/c1-20-12-4-2-3-11(9-12)16-17-15(10-5-6-10)13(21-16)7-8-14(18)19/h2-4,7-10H,5-6H2,1H3,(H,18,19)/b8-7+. The molecular formula is C16H15NO3S. The number of nitrogens with zero attached hydrogens (tertiary/aromatic N) is 1. The molecule has 0 amide bonds. The van der Waals surface area contributed by atoms with E-state index in [2.05, 4.69) is 0 Å². The summed E-state index contributed by atoms with van der Waals surface area (Å²) >= 11 is 1.53. The van der Waals surface area contributed by atoms with Gasteiger partial charge in [0.2, 0.25) is 0 Å². The molecule has 21 heavy (non-hydrogen) atoms. The first-order valence-corrected chi connectivity index (χ1v) is 7.55. The molecular weight excluding hydrogens is 286 g/mol. The van der Waals surface area contributed by atoms with E-state index >= 15 is 0 Å². The topological polar surface area (TPSA) is 59.4 Å². The Labute approximate surface area is 126 Å². The Hall–Kier alpha value is -2.14. The lowest BCUT2D eigenvalue weighted by molar-refractivity contribution is -0.131. The van der Waals surface area contributed by atoms with Gasteiger partial charge in [0.1, 0.15) is 10.8 Å². The highest BCUT2D eigenvalue weighted by Crippen LogP contribution is 2.44. The van der Waals surface area contributed by atoms with Crippen molar-refractivity contribution in [3.63, 3.8) is 0 Å². The molecule has 3 rings (SSSR count). The zero-order valence-corrected chi connectivity index (χ0v) is 12.4. The Morgan fingerprint density at radius 1 is 1.48 bits per heavy atom. The quantitative estimate of drug-likeness (QED) is 0.853. The summed E-state index contributed by atoms with van der Waals surface area (Å²) in [7, 11) is 1.64. The minimum absolute atomic E-state index is 0.481. The lowest BCUT2D eigenvalue weighted by Gasteiger charge is -2.01. The molecule has 1 aromatic carbocycles. The Morgan fingerprint density at radius 2 is 2.29 bits per heavy atom. The third-order valence-electron chi connectivity index (χ3n) is 3.34. The number of methoxy groups -OCH3 is 1. The van der Waals surface area contributed by atoms with Crippen LogP contribution in [0.5, 0.6) is 5.75 Å². The van der Waals surface area contributed by atoms with Gasteiger partial charge in [-0.15, -0.1) is 11.3 Å². The van der Waals surface area contributed by atoms with Crippen LogP contribution in [0.3, 0.4) is 0 Å². The minimum atomic E-state index is -0.937. The largest absolute Gasteiger partial charge is 0.497 e. The van der Waals surface area contributed by atoms with Gasteiger partial charge in [-0.25, -0.2) is 9.78 Å². The predicted octanol–water partition coefficient (Wildman–Crippen LogP) is 3.79. The summed E-state index contributed by atoms with van der Waals surface area (Å²) in [6.45, 7) is 0. The van der Waals surface area contributed by atoms with Crippen LogP contribution in [-0.4, -0.2) is 23.2 Å². The molecule has 0 aliphatic heterocycles. The second kappa shape index (κ2) is 5.69. The Bertz CT molecular complexity index is 701. The van der Waals surface area contributed by atoms with E-state index in [0.29, 0.717) is 5.92 Å². The average molecular weight is 301 g/mol.